The number of rotatable bonds is 4. The molecule has 0 unspecified atom stereocenters. The van der Waals surface area contributed by atoms with Crippen molar-refractivity contribution in [3.05, 3.63) is 57.7 Å². The summed E-state index contributed by atoms with van der Waals surface area (Å²) in [6, 6.07) is 10.2. The Kier molecular flexibility index (Phi) is 3.61. The van der Waals surface area contributed by atoms with Crippen LogP contribution in [0, 0.1) is 0 Å². The summed E-state index contributed by atoms with van der Waals surface area (Å²) in [5.74, 6) is 0. The van der Waals surface area contributed by atoms with Crippen LogP contribution in [0.2, 0.25) is 0 Å². The second-order valence-electron chi connectivity index (χ2n) is 3.97. The van der Waals surface area contributed by atoms with Crippen molar-refractivity contribution in [1.29, 1.82) is 0 Å². The first-order valence-corrected chi connectivity index (χ1v) is 7.40. The summed E-state index contributed by atoms with van der Waals surface area (Å²) in [6.07, 6.45) is 3.21. The van der Waals surface area contributed by atoms with Gasteiger partial charge in [-0.25, -0.2) is 9.67 Å². The van der Waals surface area contributed by atoms with Gasteiger partial charge >= 0.3 is 0 Å². The minimum atomic E-state index is 0.832. The fraction of sp³-hybridized carbons (Fsp3) is 0.0769. The Labute approximate surface area is 123 Å². The van der Waals surface area contributed by atoms with Crippen LogP contribution in [-0.2, 0) is 6.54 Å². The van der Waals surface area contributed by atoms with Crippen molar-refractivity contribution in [3.63, 3.8) is 0 Å². The molecule has 0 spiro atoms. The summed E-state index contributed by atoms with van der Waals surface area (Å²) < 4.78 is 2.87. The van der Waals surface area contributed by atoms with Crippen LogP contribution >= 0.6 is 27.3 Å². The molecule has 3 aromatic rings. The van der Waals surface area contributed by atoms with Gasteiger partial charge in [-0.3, -0.25) is 0 Å². The highest BCUT2D eigenvalue weighted by Crippen LogP contribution is 2.21. The van der Waals surface area contributed by atoms with Crippen LogP contribution in [0.4, 0.5) is 5.69 Å². The van der Waals surface area contributed by atoms with Crippen LogP contribution in [0.1, 0.15) is 4.88 Å². The van der Waals surface area contributed by atoms with Gasteiger partial charge in [0.05, 0.1) is 5.69 Å². The maximum Gasteiger partial charge on any atom is 0.138 e. The SMILES string of the molecule is Brc1csc(CNc2ccc(-n3cncn3)cc2)c1. The molecule has 2 aromatic heterocycles. The number of hydrogen-bond donors (Lipinski definition) is 1. The van der Waals surface area contributed by atoms with E-state index in [1.54, 1.807) is 22.3 Å². The predicted octanol–water partition coefficient (Wildman–Crippen LogP) is 3.70. The first-order chi connectivity index (χ1) is 9.31. The zero-order valence-electron chi connectivity index (χ0n) is 9.95. The highest BCUT2D eigenvalue weighted by atomic mass is 79.9. The third-order valence-electron chi connectivity index (χ3n) is 2.64. The lowest BCUT2D eigenvalue weighted by molar-refractivity contribution is 0.879. The molecule has 3 rings (SSSR count). The molecule has 0 fully saturated rings. The maximum absolute atomic E-state index is 4.09. The first-order valence-electron chi connectivity index (χ1n) is 5.73. The van der Waals surface area contributed by atoms with Crippen molar-refractivity contribution in [2.75, 3.05) is 5.32 Å². The van der Waals surface area contributed by atoms with Gasteiger partial charge in [0.15, 0.2) is 0 Å². The van der Waals surface area contributed by atoms with Gasteiger partial charge in [0.1, 0.15) is 12.7 Å². The van der Waals surface area contributed by atoms with Crippen LogP contribution in [0.25, 0.3) is 5.69 Å². The Balaban J connectivity index is 1.66. The van der Waals surface area contributed by atoms with Crippen molar-refractivity contribution < 1.29 is 0 Å². The van der Waals surface area contributed by atoms with Gasteiger partial charge in [0.25, 0.3) is 0 Å². The van der Waals surface area contributed by atoms with E-state index in [9.17, 15) is 0 Å². The van der Waals surface area contributed by atoms with E-state index in [0.717, 1.165) is 22.4 Å². The van der Waals surface area contributed by atoms with Crippen molar-refractivity contribution >= 4 is 33.0 Å². The molecule has 0 saturated heterocycles. The van der Waals surface area contributed by atoms with Gasteiger partial charge in [0.2, 0.25) is 0 Å². The van der Waals surface area contributed by atoms with Crippen LogP contribution in [0.3, 0.4) is 0 Å². The van der Waals surface area contributed by atoms with Gasteiger partial charge in [-0.05, 0) is 46.3 Å². The number of nitrogens with one attached hydrogen (secondary N) is 1. The quantitative estimate of drug-likeness (QED) is 0.790. The van der Waals surface area contributed by atoms with E-state index < -0.39 is 0 Å². The Morgan fingerprint density at radius 1 is 1.26 bits per heavy atom. The Hall–Kier alpha value is -1.66. The minimum absolute atomic E-state index is 0.832. The lowest BCUT2D eigenvalue weighted by Crippen LogP contribution is -1.98. The molecule has 0 aliphatic rings. The second-order valence-corrected chi connectivity index (χ2v) is 5.88. The molecule has 0 atom stereocenters. The summed E-state index contributed by atoms with van der Waals surface area (Å²) >= 11 is 5.20. The number of benzene rings is 1. The van der Waals surface area contributed by atoms with E-state index in [4.69, 9.17) is 0 Å². The van der Waals surface area contributed by atoms with E-state index in [0.29, 0.717) is 0 Å². The molecule has 96 valence electrons. The summed E-state index contributed by atoms with van der Waals surface area (Å²) in [5.41, 5.74) is 2.09. The second kappa shape index (κ2) is 5.54. The lowest BCUT2D eigenvalue weighted by Gasteiger charge is -2.06. The van der Waals surface area contributed by atoms with Gasteiger partial charge < -0.3 is 5.32 Å². The third kappa shape index (κ3) is 3.02. The van der Waals surface area contributed by atoms with Crippen molar-refractivity contribution in [2.24, 2.45) is 0 Å². The Morgan fingerprint density at radius 2 is 2.11 bits per heavy atom. The molecule has 0 saturated carbocycles. The van der Waals surface area contributed by atoms with Crippen LogP contribution in [-0.4, -0.2) is 14.8 Å². The number of nitrogens with zero attached hydrogens (tertiary/aromatic N) is 3. The summed E-state index contributed by atoms with van der Waals surface area (Å²) in [5, 5.41) is 9.57. The molecular formula is C13H11BrN4S. The zero-order chi connectivity index (χ0) is 13.1. The average Bonchev–Trinajstić information content (AvgIpc) is 3.08. The smallest absolute Gasteiger partial charge is 0.138 e. The van der Waals surface area contributed by atoms with Gasteiger partial charge in [-0.15, -0.1) is 11.3 Å². The van der Waals surface area contributed by atoms with Gasteiger partial charge in [-0.1, -0.05) is 0 Å². The lowest BCUT2D eigenvalue weighted by atomic mass is 10.3. The summed E-state index contributed by atoms with van der Waals surface area (Å²) in [7, 11) is 0. The third-order valence-corrected chi connectivity index (χ3v) is 4.34. The summed E-state index contributed by atoms with van der Waals surface area (Å²) in [6.45, 7) is 0.832. The molecule has 0 aliphatic carbocycles. The van der Waals surface area contributed by atoms with Crippen molar-refractivity contribution in [3.8, 4) is 5.69 Å². The molecule has 0 radical (unpaired) electrons. The number of aromatic nitrogens is 3. The van der Waals surface area contributed by atoms with E-state index in [1.807, 2.05) is 24.3 Å². The van der Waals surface area contributed by atoms with E-state index >= 15 is 0 Å². The molecule has 1 N–H and O–H groups in total. The Bertz CT molecular complexity index is 646. The highest BCUT2D eigenvalue weighted by molar-refractivity contribution is 9.10. The standard InChI is InChI=1S/C13H11BrN4S/c14-10-5-13(19-7-10)6-16-11-1-3-12(4-2-11)18-9-15-8-17-18/h1-5,7-9,16H,6H2. The monoisotopic (exact) mass is 334 g/mol. The molecule has 2 heterocycles. The van der Waals surface area contributed by atoms with Crippen molar-refractivity contribution in [1.82, 2.24) is 14.8 Å². The molecule has 0 bridgehead atoms. The number of thiophene rings is 1. The predicted molar refractivity (Wildman–Crippen MR) is 80.7 cm³/mol. The maximum atomic E-state index is 4.09. The van der Waals surface area contributed by atoms with Gasteiger partial charge in [-0.2, -0.15) is 5.10 Å². The highest BCUT2D eigenvalue weighted by Gasteiger charge is 1.99. The van der Waals surface area contributed by atoms with Gasteiger partial charge in [0, 0.05) is 27.0 Å². The Morgan fingerprint density at radius 3 is 2.74 bits per heavy atom. The molecule has 19 heavy (non-hydrogen) atoms. The molecule has 1 aromatic carbocycles. The molecule has 6 heteroatoms. The number of hydrogen-bond acceptors (Lipinski definition) is 4. The molecule has 0 amide bonds. The first kappa shape index (κ1) is 12.4. The number of anilines is 1. The largest absolute Gasteiger partial charge is 0.380 e. The average molecular weight is 335 g/mol. The molecule has 0 aliphatic heterocycles. The topological polar surface area (TPSA) is 42.7 Å². The fourth-order valence-electron chi connectivity index (χ4n) is 1.71. The zero-order valence-corrected chi connectivity index (χ0v) is 12.4. The van der Waals surface area contributed by atoms with E-state index in [2.05, 4.69) is 42.8 Å². The summed E-state index contributed by atoms with van der Waals surface area (Å²) in [4.78, 5) is 5.23. The molecule has 4 nitrogen and oxygen atoms in total. The normalized spacial score (nSPS) is 10.6. The fourth-order valence-corrected chi connectivity index (χ4v) is 3.10. The van der Waals surface area contributed by atoms with E-state index in [1.165, 1.54) is 11.2 Å². The van der Waals surface area contributed by atoms with Crippen molar-refractivity contribution in [2.45, 2.75) is 6.54 Å². The number of halogens is 1. The minimum Gasteiger partial charge on any atom is -0.380 e. The molecular weight excluding hydrogens is 324 g/mol. The van der Waals surface area contributed by atoms with Crippen LogP contribution in [0.15, 0.2) is 52.8 Å². The van der Waals surface area contributed by atoms with E-state index in [-0.39, 0.29) is 0 Å². The van der Waals surface area contributed by atoms with Crippen LogP contribution < -0.4 is 5.32 Å². The van der Waals surface area contributed by atoms with Crippen LogP contribution in [0.5, 0.6) is 0 Å².